The van der Waals surface area contributed by atoms with Crippen LogP contribution in [-0.4, -0.2) is 37.4 Å². The highest BCUT2D eigenvalue weighted by Crippen LogP contribution is 2.39. The first-order valence-electron chi connectivity index (χ1n) is 7.09. The van der Waals surface area contributed by atoms with Gasteiger partial charge in [-0.05, 0) is 32.0 Å². The topological polar surface area (TPSA) is 75.6 Å². The van der Waals surface area contributed by atoms with Crippen molar-refractivity contribution in [2.24, 2.45) is 11.8 Å². The van der Waals surface area contributed by atoms with Crippen molar-refractivity contribution < 1.29 is 19.1 Å². The third kappa shape index (κ3) is 3.23. The van der Waals surface area contributed by atoms with Crippen LogP contribution in [0.5, 0.6) is 0 Å². The molecule has 0 aromatic rings. The predicted octanol–water partition coefficient (Wildman–Crippen LogP) is 2.23. The second-order valence-corrected chi connectivity index (χ2v) is 12.0. The second-order valence-electron chi connectivity index (χ2n) is 7.27. The summed E-state index contributed by atoms with van der Waals surface area (Å²) < 4.78 is 6.22. The number of carbonyl (C=O) groups is 2. The van der Waals surface area contributed by atoms with Crippen LogP contribution in [-0.2, 0) is 14.0 Å². The third-order valence-corrected chi connectivity index (χ3v) is 9.29. The van der Waals surface area contributed by atoms with Gasteiger partial charge < -0.3 is 14.8 Å². The highest BCUT2D eigenvalue weighted by atomic mass is 28.4. The van der Waals surface area contributed by atoms with Crippen molar-refractivity contribution in [3.8, 4) is 0 Å². The monoisotopic (exact) mass is 301 g/mol. The first-order chi connectivity index (χ1) is 8.88. The van der Waals surface area contributed by atoms with Gasteiger partial charge >= 0.3 is 5.97 Å². The first-order valence-corrected chi connectivity index (χ1v) is 10.0. The molecule has 0 bridgehead atoms. The fraction of sp³-hybridized carbons (Fsp3) is 0.857. The first kappa shape index (κ1) is 17.2. The van der Waals surface area contributed by atoms with E-state index >= 15 is 0 Å². The van der Waals surface area contributed by atoms with Gasteiger partial charge in [-0.2, -0.15) is 0 Å². The molecule has 0 aromatic heterocycles. The highest BCUT2D eigenvalue weighted by molar-refractivity contribution is 6.74. The summed E-state index contributed by atoms with van der Waals surface area (Å²) in [7, 11) is -1.96. The summed E-state index contributed by atoms with van der Waals surface area (Å²) in [6, 6.07) is -0.334. The molecule has 1 heterocycles. The Labute approximate surface area is 122 Å². The number of aliphatic carboxylic acids is 1. The van der Waals surface area contributed by atoms with E-state index < -0.39 is 20.2 Å². The minimum Gasteiger partial charge on any atom is -0.481 e. The van der Waals surface area contributed by atoms with Crippen LogP contribution in [0, 0.1) is 11.8 Å². The predicted molar refractivity (Wildman–Crippen MR) is 80.0 cm³/mol. The maximum Gasteiger partial charge on any atom is 0.308 e. The Balaban J connectivity index is 2.78. The molecule has 116 valence electrons. The molecule has 1 fully saturated rings. The van der Waals surface area contributed by atoms with Crippen molar-refractivity contribution >= 4 is 20.2 Å². The van der Waals surface area contributed by atoms with E-state index in [1.165, 1.54) is 0 Å². The number of hydrogen-bond donors (Lipinski definition) is 2. The van der Waals surface area contributed by atoms with E-state index in [1.807, 2.05) is 6.92 Å². The van der Waals surface area contributed by atoms with Crippen LogP contribution in [0.25, 0.3) is 0 Å². The molecule has 20 heavy (non-hydrogen) atoms. The molecule has 6 heteroatoms. The van der Waals surface area contributed by atoms with Crippen LogP contribution in [0.1, 0.15) is 34.6 Å². The molecule has 0 aromatic carbocycles. The lowest BCUT2D eigenvalue weighted by atomic mass is 9.79. The molecule has 5 nitrogen and oxygen atoms in total. The lowest BCUT2D eigenvalue weighted by Gasteiger charge is -2.46. The highest BCUT2D eigenvalue weighted by Gasteiger charge is 2.50. The molecule has 0 radical (unpaired) electrons. The lowest BCUT2D eigenvalue weighted by Crippen LogP contribution is -2.66. The van der Waals surface area contributed by atoms with Gasteiger partial charge in [-0.25, -0.2) is 0 Å². The van der Waals surface area contributed by atoms with Gasteiger partial charge in [-0.3, -0.25) is 9.59 Å². The van der Waals surface area contributed by atoms with Gasteiger partial charge in [-0.15, -0.1) is 0 Å². The molecule has 1 aliphatic rings. The van der Waals surface area contributed by atoms with Crippen molar-refractivity contribution in [3.05, 3.63) is 0 Å². The summed E-state index contributed by atoms with van der Waals surface area (Å²) in [6.45, 7) is 14.2. The van der Waals surface area contributed by atoms with E-state index in [1.54, 1.807) is 6.92 Å². The minimum atomic E-state index is -1.96. The standard InChI is InChI=1S/C14H27NO4Si/c1-8(13(17)18)11-10(12(16)15-11)9(2)19-20(6,7)14(3,4)5/h8-11H,1-7H3,(H,15,16)(H,17,18)/t8?,9?,10-,11-/m1/s1. The third-order valence-electron chi connectivity index (χ3n) is 4.72. The average molecular weight is 301 g/mol. The molecule has 1 aliphatic heterocycles. The number of carboxylic acid groups (broad SMARTS) is 1. The Morgan fingerprint density at radius 3 is 2.20 bits per heavy atom. The molecule has 0 aliphatic carbocycles. The van der Waals surface area contributed by atoms with Crippen molar-refractivity contribution in [1.82, 2.24) is 5.32 Å². The summed E-state index contributed by atoms with van der Waals surface area (Å²) in [4.78, 5) is 22.8. The number of rotatable bonds is 5. The SMILES string of the molecule is CC(C(=O)O)[C@H]1NC(=O)[C@@H]1C(C)O[Si](C)(C)C(C)(C)C. The summed E-state index contributed by atoms with van der Waals surface area (Å²) in [5, 5.41) is 11.8. The molecule has 0 spiro atoms. The van der Waals surface area contributed by atoms with Gasteiger partial charge in [0.15, 0.2) is 8.32 Å². The molecule has 2 unspecified atom stereocenters. The molecule has 1 amide bonds. The van der Waals surface area contributed by atoms with Crippen molar-refractivity contribution in [3.63, 3.8) is 0 Å². The van der Waals surface area contributed by atoms with E-state index in [9.17, 15) is 9.59 Å². The molecular weight excluding hydrogens is 274 g/mol. The maximum atomic E-state index is 11.8. The zero-order valence-corrected chi connectivity index (χ0v) is 14.5. The summed E-state index contributed by atoms with van der Waals surface area (Å²) in [5.74, 6) is -1.95. The summed E-state index contributed by atoms with van der Waals surface area (Å²) in [6.07, 6.45) is -0.253. The van der Waals surface area contributed by atoms with Crippen LogP contribution in [0.3, 0.4) is 0 Å². The van der Waals surface area contributed by atoms with Crippen LogP contribution in [0.4, 0.5) is 0 Å². The molecular formula is C14H27NO4Si. The van der Waals surface area contributed by atoms with Gasteiger partial charge in [-0.1, -0.05) is 20.8 Å². The number of amides is 1. The molecule has 0 saturated carbocycles. The Hall–Kier alpha value is -0.883. The summed E-state index contributed by atoms with van der Waals surface area (Å²) in [5.41, 5.74) is 0. The van der Waals surface area contributed by atoms with Gasteiger partial charge in [0.05, 0.1) is 24.0 Å². The maximum absolute atomic E-state index is 11.8. The van der Waals surface area contributed by atoms with Crippen LogP contribution in [0.2, 0.25) is 18.1 Å². The fourth-order valence-electron chi connectivity index (χ4n) is 2.23. The number of nitrogens with one attached hydrogen (secondary N) is 1. The van der Waals surface area contributed by atoms with Crippen molar-refractivity contribution in [2.75, 3.05) is 0 Å². The second kappa shape index (κ2) is 5.48. The smallest absolute Gasteiger partial charge is 0.308 e. The normalized spacial score (nSPS) is 26.4. The van der Waals surface area contributed by atoms with Gasteiger partial charge in [0, 0.05) is 0 Å². The molecule has 1 saturated heterocycles. The number of carbonyl (C=O) groups excluding carboxylic acids is 1. The van der Waals surface area contributed by atoms with Gasteiger partial charge in [0.25, 0.3) is 0 Å². The molecule has 4 atom stereocenters. The zero-order chi connectivity index (χ0) is 15.9. The van der Waals surface area contributed by atoms with E-state index in [2.05, 4.69) is 39.2 Å². The fourth-order valence-corrected chi connectivity index (χ4v) is 3.66. The Morgan fingerprint density at radius 2 is 1.85 bits per heavy atom. The van der Waals surface area contributed by atoms with Crippen LogP contribution >= 0.6 is 0 Å². The van der Waals surface area contributed by atoms with E-state index in [0.29, 0.717) is 0 Å². The van der Waals surface area contributed by atoms with Gasteiger partial charge in [0.2, 0.25) is 5.91 Å². The van der Waals surface area contributed by atoms with Gasteiger partial charge in [0.1, 0.15) is 0 Å². The quantitative estimate of drug-likeness (QED) is 0.603. The van der Waals surface area contributed by atoms with E-state index in [0.717, 1.165) is 0 Å². The van der Waals surface area contributed by atoms with Crippen molar-refractivity contribution in [1.29, 1.82) is 0 Å². The zero-order valence-electron chi connectivity index (χ0n) is 13.5. The summed E-state index contributed by atoms with van der Waals surface area (Å²) >= 11 is 0. The van der Waals surface area contributed by atoms with E-state index in [4.69, 9.17) is 9.53 Å². The van der Waals surface area contributed by atoms with E-state index in [-0.39, 0.29) is 29.0 Å². The van der Waals surface area contributed by atoms with Crippen LogP contribution in [0.15, 0.2) is 0 Å². The number of carboxylic acids is 1. The number of β-lactam (4-membered cyclic amide) rings is 1. The van der Waals surface area contributed by atoms with Crippen molar-refractivity contribution in [2.45, 2.75) is 64.9 Å². The minimum absolute atomic E-state index is 0.0649. The number of hydrogen-bond acceptors (Lipinski definition) is 3. The van der Waals surface area contributed by atoms with Crippen LogP contribution < -0.4 is 5.32 Å². The largest absolute Gasteiger partial charge is 0.481 e. The Bertz CT molecular complexity index is 402. The molecule has 1 rings (SSSR count). The average Bonchev–Trinajstić information content (AvgIpc) is 2.21. The Morgan fingerprint density at radius 1 is 1.35 bits per heavy atom. The lowest BCUT2D eigenvalue weighted by molar-refractivity contribution is -0.151. The molecule has 2 N–H and O–H groups in total. The Kier molecular flexibility index (Phi) is 4.71.